The van der Waals surface area contributed by atoms with Crippen LogP contribution in [-0.2, 0) is 6.54 Å². The first-order chi connectivity index (χ1) is 7.75. The largest absolute Gasteiger partial charge is 0.313 e. The van der Waals surface area contributed by atoms with Gasteiger partial charge in [-0.3, -0.25) is 0 Å². The van der Waals surface area contributed by atoms with E-state index in [0.717, 1.165) is 30.1 Å². The summed E-state index contributed by atoms with van der Waals surface area (Å²) in [5, 5.41) is 6.97. The van der Waals surface area contributed by atoms with E-state index >= 15 is 0 Å². The highest BCUT2D eigenvalue weighted by Crippen LogP contribution is 2.18. The maximum absolute atomic E-state index is 3.51. The van der Waals surface area contributed by atoms with Crippen molar-refractivity contribution in [1.82, 2.24) is 10.6 Å². The van der Waals surface area contributed by atoms with E-state index in [1.165, 1.54) is 24.0 Å². The van der Waals surface area contributed by atoms with E-state index in [4.69, 9.17) is 0 Å². The highest BCUT2D eigenvalue weighted by atomic mass is 79.9. The van der Waals surface area contributed by atoms with Crippen molar-refractivity contribution in [1.29, 1.82) is 0 Å². The van der Waals surface area contributed by atoms with Crippen LogP contribution in [0.2, 0.25) is 0 Å². The van der Waals surface area contributed by atoms with Crippen molar-refractivity contribution in [3.63, 3.8) is 0 Å². The van der Waals surface area contributed by atoms with Crippen LogP contribution < -0.4 is 10.6 Å². The average molecular weight is 283 g/mol. The Hall–Kier alpha value is -0.380. The van der Waals surface area contributed by atoms with E-state index in [2.05, 4.69) is 51.7 Å². The van der Waals surface area contributed by atoms with Gasteiger partial charge < -0.3 is 10.6 Å². The highest BCUT2D eigenvalue weighted by Gasteiger charge is 2.19. The molecule has 0 atom stereocenters. The van der Waals surface area contributed by atoms with Gasteiger partial charge in [0.2, 0.25) is 0 Å². The summed E-state index contributed by atoms with van der Waals surface area (Å²) in [4.78, 5) is 0. The number of halogens is 1. The standard InChI is InChI=1S/C13H19BrN2/c1-10-2-3-12(14)8-11(10)9-15-6-7-16-13-4-5-13/h2-3,8,13,15-16H,4-7,9H2,1H3. The molecular formula is C13H19BrN2. The predicted octanol–water partition coefficient (Wildman–Crippen LogP) is 2.60. The van der Waals surface area contributed by atoms with Crippen LogP contribution in [0.4, 0.5) is 0 Å². The van der Waals surface area contributed by atoms with Crippen LogP contribution in [-0.4, -0.2) is 19.1 Å². The molecule has 2 rings (SSSR count). The monoisotopic (exact) mass is 282 g/mol. The summed E-state index contributed by atoms with van der Waals surface area (Å²) in [5.74, 6) is 0. The Bertz CT molecular complexity index is 348. The van der Waals surface area contributed by atoms with Crippen molar-refractivity contribution >= 4 is 15.9 Å². The fourth-order valence-corrected chi connectivity index (χ4v) is 2.11. The maximum Gasteiger partial charge on any atom is 0.0209 e. The molecule has 2 nitrogen and oxygen atoms in total. The van der Waals surface area contributed by atoms with Gasteiger partial charge in [-0.05, 0) is 43.0 Å². The molecule has 0 spiro atoms. The molecule has 0 saturated heterocycles. The predicted molar refractivity (Wildman–Crippen MR) is 71.6 cm³/mol. The minimum Gasteiger partial charge on any atom is -0.313 e. The zero-order valence-corrected chi connectivity index (χ0v) is 11.3. The van der Waals surface area contributed by atoms with Crippen LogP contribution in [0.5, 0.6) is 0 Å². The molecule has 1 aromatic rings. The van der Waals surface area contributed by atoms with Gasteiger partial charge in [0.25, 0.3) is 0 Å². The molecule has 0 unspecified atom stereocenters. The van der Waals surface area contributed by atoms with Gasteiger partial charge in [-0.2, -0.15) is 0 Å². The van der Waals surface area contributed by atoms with Crippen LogP contribution in [0.15, 0.2) is 22.7 Å². The van der Waals surface area contributed by atoms with Crippen molar-refractivity contribution in [2.24, 2.45) is 0 Å². The molecular weight excluding hydrogens is 264 g/mol. The summed E-state index contributed by atoms with van der Waals surface area (Å²) >= 11 is 3.51. The van der Waals surface area contributed by atoms with E-state index < -0.39 is 0 Å². The van der Waals surface area contributed by atoms with Crippen molar-refractivity contribution in [2.75, 3.05) is 13.1 Å². The van der Waals surface area contributed by atoms with E-state index in [9.17, 15) is 0 Å². The first-order valence-corrected chi connectivity index (χ1v) is 6.74. The maximum atomic E-state index is 3.51. The Morgan fingerprint density at radius 3 is 2.88 bits per heavy atom. The molecule has 88 valence electrons. The first kappa shape index (κ1) is 12.1. The van der Waals surface area contributed by atoms with Gasteiger partial charge in [0.1, 0.15) is 0 Å². The lowest BCUT2D eigenvalue weighted by molar-refractivity contribution is 0.607. The topological polar surface area (TPSA) is 24.1 Å². The first-order valence-electron chi connectivity index (χ1n) is 5.95. The van der Waals surface area contributed by atoms with E-state index in [1.54, 1.807) is 0 Å². The Morgan fingerprint density at radius 1 is 1.31 bits per heavy atom. The van der Waals surface area contributed by atoms with E-state index in [0.29, 0.717) is 0 Å². The van der Waals surface area contributed by atoms with Gasteiger partial charge in [-0.25, -0.2) is 0 Å². The lowest BCUT2D eigenvalue weighted by atomic mass is 10.1. The summed E-state index contributed by atoms with van der Waals surface area (Å²) in [6, 6.07) is 7.25. The Kier molecular flexibility index (Phi) is 4.38. The van der Waals surface area contributed by atoms with E-state index in [-0.39, 0.29) is 0 Å². The zero-order valence-electron chi connectivity index (χ0n) is 9.72. The number of hydrogen-bond donors (Lipinski definition) is 2. The molecule has 1 aromatic carbocycles. The van der Waals surface area contributed by atoms with Gasteiger partial charge in [0.05, 0.1) is 0 Å². The summed E-state index contributed by atoms with van der Waals surface area (Å²) in [6.45, 7) is 5.24. The van der Waals surface area contributed by atoms with Crippen LogP contribution >= 0.6 is 15.9 Å². The Balaban J connectivity index is 1.69. The van der Waals surface area contributed by atoms with Crippen molar-refractivity contribution in [3.8, 4) is 0 Å². The second-order valence-electron chi connectivity index (χ2n) is 4.48. The molecule has 0 bridgehead atoms. The summed E-state index contributed by atoms with van der Waals surface area (Å²) in [5.41, 5.74) is 2.73. The molecule has 1 saturated carbocycles. The molecule has 1 aliphatic carbocycles. The third kappa shape index (κ3) is 3.89. The second kappa shape index (κ2) is 5.80. The molecule has 1 aliphatic rings. The molecule has 3 heteroatoms. The molecule has 0 heterocycles. The average Bonchev–Trinajstić information content (AvgIpc) is 3.06. The molecule has 0 radical (unpaired) electrons. The zero-order chi connectivity index (χ0) is 11.4. The van der Waals surface area contributed by atoms with Gasteiger partial charge in [-0.15, -0.1) is 0 Å². The second-order valence-corrected chi connectivity index (χ2v) is 5.39. The number of rotatable bonds is 6. The third-order valence-corrected chi connectivity index (χ3v) is 3.43. The fourth-order valence-electron chi connectivity index (χ4n) is 1.71. The van der Waals surface area contributed by atoms with Crippen LogP contribution in [0.25, 0.3) is 0 Å². The molecule has 0 aromatic heterocycles. The molecule has 1 fully saturated rings. The Morgan fingerprint density at radius 2 is 2.12 bits per heavy atom. The number of hydrogen-bond acceptors (Lipinski definition) is 2. The van der Waals surface area contributed by atoms with Gasteiger partial charge in [-0.1, -0.05) is 22.0 Å². The Labute approximate surface area is 106 Å². The quantitative estimate of drug-likeness (QED) is 0.784. The molecule has 16 heavy (non-hydrogen) atoms. The van der Waals surface area contributed by atoms with Crippen LogP contribution in [0, 0.1) is 6.92 Å². The van der Waals surface area contributed by atoms with Gasteiger partial charge in [0.15, 0.2) is 0 Å². The normalized spacial score (nSPS) is 15.4. The summed E-state index contributed by atoms with van der Waals surface area (Å²) in [6.07, 6.45) is 2.73. The van der Waals surface area contributed by atoms with Gasteiger partial charge >= 0.3 is 0 Å². The van der Waals surface area contributed by atoms with Gasteiger partial charge in [0, 0.05) is 30.1 Å². The fraction of sp³-hybridized carbons (Fsp3) is 0.538. The van der Waals surface area contributed by atoms with Crippen molar-refractivity contribution in [2.45, 2.75) is 32.4 Å². The number of nitrogens with one attached hydrogen (secondary N) is 2. The smallest absolute Gasteiger partial charge is 0.0209 e. The van der Waals surface area contributed by atoms with E-state index in [1.807, 2.05) is 0 Å². The molecule has 0 aliphatic heterocycles. The van der Waals surface area contributed by atoms with Crippen LogP contribution in [0.3, 0.4) is 0 Å². The minimum absolute atomic E-state index is 0.814. The SMILES string of the molecule is Cc1ccc(Br)cc1CNCCNC1CC1. The molecule has 2 N–H and O–H groups in total. The lowest BCUT2D eigenvalue weighted by Crippen LogP contribution is -2.28. The number of benzene rings is 1. The summed E-state index contributed by atoms with van der Waals surface area (Å²) in [7, 11) is 0. The van der Waals surface area contributed by atoms with Crippen molar-refractivity contribution < 1.29 is 0 Å². The van der Waals surface area contributed by atoms with Crippen molar-refractivity contribution in [3.05, 3.63) is 33.8 Å². The highest BCUT2D eigenvalue weighted by molar-refractivity contribution is 9.10. The van der Waals surface area contributed by atoms with Crippen LogP contribution in [0.1, 0.15) is 24.0 Å². The number of aryl methyl sites for hydroxylation is 1. The molecule has 0 amide bonds. The lowest BCUT2D eigenvalue weighted by Gasteiger charge is -2.08. The minimum atomic E-state index is 0.814. The third-order valence-electron chi connectivity index (χ3n) is 2.94. The summed E-state index contributed by atoms with van der Waals surface area (Å²) < 4.78 is 1.16.